The number of benzene rings is 1. The van der Waals surface area contributed by atoms with Crippen molar-refractivity contribution >= 4 is 46.4 Å². The predicted octanol–water partition coefficient (Wildman–Crippen LogP) is 2.21. The zero-order valence-electron chi connectivity index (χ0n) is 9.93. The molecule has 0 aliphatic heterocycles. The Kier molecular flexibility index (Phi) is 3.97. The Morgan fingerprint density at radius 3 is 2.53 bits per heavy atom. The molecule has 0 aliphatic carbocycles. The first-order valence-electron chi connectivity index (χ1n) is 5.35. The Morgan fingerprint density at radius 1 is 1.26 bits per heavy atom. The van der Waals surface area contributed by atoms with E-state index in [1.807, 2.05) is 0 Å². The SMILES string of the molecule is CN(CC=O)C(=O)c1ccc2nc(Cl)c(Cl)nc2c1. The highest BCUT2D eigenvalue weighted by molar-refractivity contribution is 6.40. The van der Waals surface area contributed by atoms with Crippen LogP contribution in [0.4, 0.5) is 0 Å². The Balaban J connectivity index is 2.44. The summed E-state index contributed by atoms with van der Waals surface area (Å²) in [5.74, 6) is -0.276. The van der Waals surface area contributed by atoms with Gasteiger partial charge in [-0.1, -0.05) is 23.2 Å². The average Bonchev–Trinajstić information content (AvgIpc) is 2.39. The predicted molar refractivity (Wildman–Crippen MR) is 72.6 cm³/mol. The lowest BCUT2D eigenvalue weighted by Gasteiger charge is -2.13. The number of amides is 1. The molecule has 0 saturated heterocycles. The van der Waals surface area contributed by atoms with E-state index in [4.69, 9.17) is 23.2 Å². The molecule has 1 amide bonds. The van der Waals surface area contributed by atoms with Crippen LogP contribution in [-0.4, -0.2) is 40.7 Å². The minimum atomic E-state index is -0.276. The number of hydrogen-bond donors (Lipinski definition) is 0. The molecule has 2 aromatic rings. The number of aromatic nitrogens is 2. The van der Waals surface area contributed by atoms with Gasteiger partial charge in [0.25, 0.3) is 5.91 Å². The van der Waals surface area contributed by atoms with E-state index in [1.54, 1.807) is 25.2 Å². The Bertz CT molecular complexity index is 661. The van der Waals surface area contributed by atoms with Crippen molar-refractivity contribution in [2.75, 3.05) is 13.6 Å². The monoisotopic (exact) mass is 297 g/mol. The molecule has 0 radical (unpaired) electrons. The molecule has 0 saturated carbocycles. The molecule has 1 heterocycles. The van der Waals surface area contributed by atoms with Crippen molar-refractivity contribution in [3.8, 4) is 0 Å². The summed E-state index contributed by atoms with van der Waals surface area (Å²) in [6, 6.07) is 4.80. The van der Waals surface area contributed by atoms with Crippen LogP contribution in [0.15, 0.2) is 18.2 Å². The molecule has 5 nitrogen and oxygen atoms in total. The normalized spacial score (nSPS) is 10.5. The maximum absolute atomic E-state index is 12.0. The molecule has 7 heteroatoms. The summed E-state index contributed by atoms with van der Waals surface area (Å²) >= 11 is 11.5. The second kappa shape index (κ2) is 5.50. The summed E-state index contributed by atoms with van der Waals surface area (Å²) in [7, 11) is 1.54. The molecule has 0 aliphatic rings. The van der Waals surface area contributed by atoms with Gasteiger partial charge in [-0.2, -0.15) is 0 Å². The number of carbonyl (C=O) groups is 2. The lowest BCUT2D eigenvalue weighted by atomic mass is 10.1. The molecule has 0 bridgehead atoms. The fourth-order valence-corrected chi connectivity index (χ4v) is 1.83. The number of carbonyl (C=O) groups excluding carboxylic acids is 2. The highest BCUT2D eigenvalue weighted by Crippen LogP contribution is 2.22. The molecule has 0 atom stereocenters. The fraction of sp³-hybridized carbons (Fsp3) is 0.167. The summed E-state index contributed by atoms with van der Waals surface area (Å²) in [6.45, 7) is 0.0317. The van der Waals surface area contributed by atoms with Gasteiger partial charge < -0.3 is 9.69 Å². The minimum absolute atomic E-state index is 0.0317. The maximum atomic E-state index is 12.0. The minimum Gasteiger partial charge on any atom is -0.335 e. The van der Waals surface area contributed by atoms with Crippen LogP contribution in [0.5, 0.6) is 0 Å². The van der Waals surface area contributed by atoms with Gasteiger partial charge in [-0.05, 0) is 18.2 Å². The van der Waals surface area contributed by atoms with Crippen molar-refractivity contribution < 1.29 is 9.59 Å². The second-order valence-electron chi connectivity index (χ2n) is 3.86. The molecule has 0 fully saturated rings. The molecule has 0 unspecified atom stereocenters. The summed E-state index contributed by atoms with van der Waals surface area (Å²) in [6.07, 6.45) is 0.662. The molecular weight excluding hydrogens is 289 g/mol. The van der Waals surface area contributed by atoms with E-state index in [0.717, 1.165) is 0 Å². The first-order valence-corrected chi connectivity index (χ1v) is 6.10. The third-order valence-corrected chi connectivity index (χ3v) is 3.15. The topological polar surface area (TPSA) is 63.2 Å². The van der Waals surface area contributed by atoms with E-state index in [1.165, 1.54) is 4.90 Å². The van der Waals surface area contributed by atoms with Crippen LogP contribution >= 0.6 is 23.2 Å². The van der Waals surface area contributed by atoms with Gasteiger partial charge in [-0.3, -0.25) is 4.79 Å². The standard InChI is InChI=1S/C12H9Cl2N3O2/c1-17(4-5-18)12(19)7-2-3-8-9(6-7)16-11(14)10(13)15-8/h2-3,5-6H,4H2,1H3. The van der Waals surface area contributed by atoms with Gasteiger partial charge in [-0.25, -0.2) is 9.97 Å². The third kappa shape index (κ3) is 2.83. The van der Waals surface area contributed by atoms with Crippen molar-refractivity contribution in [3.05, 3.63) is 34.1 Å². The highest BCUT2D eigenvalue weighted by atomic mass is 35.5. The van der Waals surface area contributed by atoms with E-state index < -0.39 is 0 Å². The molecule has 1 aromatic heterocycles. The van der Waals surface area contributed by atoms with Crippen LogP contribution in [0, 0.1) is 0 Å². The van der Waals surface area contributed by atoms with E-state index in [2.05, 4.69) is 9.97 Å². The Hall–Kier alpha value is -1.72. The number of rotatable bonds is 3. The van der Waals surface area contributed by atoms with E-state index in [-0.39, 0.29) is 22.8 Å². The van der Waals surface area contributed by atoms with Gasteiger partial charge in [0.15, 0.2) is 10.3 Å². The van der Waals surface area contributed by atoms with Crippen molar-refractivity contribution in [2.24, 2.45) is 0 Å². The summed E-state index contributed by atoms with van der Waals surface area (Å²) < 4.78 is 0. The zero-order chi connectivity index (χ0) is 14.0. The van der Waals surface area contributed by atoms with Crippen LogP contribution in [0.2, 0.25) is 10.3 Å². The maximum Gasteiger partial charge on any atom is 0.254 e. The number of fused-ring (bicyclic) bond motifs is 1. The third-order valence-electron chi connectivity index (χ3n) is 2.52. The number of halogens is 2. The number of hydrogen-bond acceptors (Lipinski definition) is 4. The summed E-state index contributed by atoms with van der Waals surface area (Å²) in [5, 5.41) is 0.200. The first kappa shape index (κ1) is 13.7. The number of likely N-dealkylation sites (N-methyl/N-ethyl adjacent to an activating group) is 1. The Morgan fingerprint density at radius 2 is 1.89 bits per heavy atom. The van der Waals surface area contributed by atoms with Gasteiger partial charge >= 0.3 is 0 Å². The zero-order valence-corrected chi connectivity index (χ0v) is 11.4. The van der Waals surface area contributed by atoms with Gasteiger partial charge in [0, 0.05) is 12.6 Å². The Labute approximate surface area is 119 Å². The molecular formula is C12H9Cl2N3O2. The lowest BCUT2D eigenvalue weighted by Crippen LogP contribution is -2.28. The van der Waals surface area contributed by atoms with Crippen LogP contribution in [0.1, 0.15) is 10.4 Å². The number of nitrogens with zero attached hydrogens (tertiary/aromatic N) is 3. The van der Waals surface area contributed by atoms with Crippen LogP contribution in [0.3, 0.4) is 0 Å². The van der Waals surface area contributed by atoms with E-state index >= 15 is 0 Å². The van der Waals surface area contributed by atoms with Gasteiger partial charge in [0.2, 0.25) is 0 Å². The summed E-state index contributed by atoms with van der Waals surface area (Å²) in [4.78, 5) is 31.8. The molecule has 0 N–H and O–H groups in total. The smallest absolute Gasteiger partial charge is 0.254 e. The highest BCUT2D eigenvalue weighted by Gasteiger charge is 2.13. The van der Waals surface area contributed by atoms with Crippen molar-refractivity contribution in [3.63, 3.8) is 0 Å². The van der Waals surface area contributed by atoms with Crippen LogP contribution < -0.4 is 0 Å². The molecule has 19 heavy (non-hydrogen) atoms. The van der Waals surface area contributed by atoms with E-state index in [9.17, 15) is 9.59 Å². The largest absolute Gasteiger partial charge is 0.335 e. The van der Waals surface area contributed by atoms with Crippen LogP contribution in [-0.2, 0) is 4.79 Å². The van der Waals surface area contributed by atoms with Crippen molar-refractivity contribution in [2.45, 2.75) is 0 Å². The fourth-order valence-electron chi connectivity index (χ4n) is 1.56. The quantitative estimate of drug-likeness (QED) is 0.815. The summed E-state index contributed by atoms with van der Waals surface area (Å²) in [5.41, 5.74) is 1.42. The second-order valence-corrected chi connectivity index (χ2v) is 4.58. The molecule has 1 aromatic carbocycles. The lowest BCUT2D eigenvalue weighted by molar-refractivity contribution is -0.108. The molecule has 98 valence electrons. The van der Waals surface area contributed by atoms with Gasteiger partial charge in [0.1, 0.15) is 6.29 Å². The molecule has 2 rings (SSSR count). The van der Waals surface area contributed by atoms with Crippen molar-refractivity contribution in [1.82, 2.24) is 14.9 Å². The van der Waals surface area contributed by atoms with E-state index in [0.29, 0.717) is 22.9 Å². The van der Waals surface area contributed by atoms with Crippen LogP contribution in [0.25, 0.3) is 11.0 Å². The first-order chi connectivity index (χ1) is 9.02. The molecule has 0 spiro atoms. The van der Waals surface area contributed by atoms with Gasteiger partial charge in [0.05, 0.1) is 17.6 Å². The van der Waals surface area contributed by atoms with Gasteiger partial charge in [-0.15, -0.1) is 0 Å². The number of aldehydes is 1. The van der Waals surface area contributed by atoms with Crippen molar-refractivity contribution in [1.29, 1.82) is 0 Å². The average molecular weight is 298 g/mol.